The Kier molecular flexibility index (Phi) is 2.30. The molecule has 1 aliphatic carbocycles. The van der Waals surface area contributed by atoms with Crippen LogP contribution < -0.4 is 4.90 Å². The summed E-state index contributed by atoms with van der Waals surface area (Å²) < 4.78 is 0. The molecule has 0 atom stereocenters. The summed E-state index contributed by atoms with van der Waals surface area (Å²) in [5.41, 5.74) is 5.77. The molecule has 4 rings (SSSR count). The zero-order chi connectivity index (χ0) is 13.7. The first-order chi connectivity index (χ1) is 9.75. The molecule has 0 aromatic heterocycles. The van der Waals surface area contributed by atoms with E-state index in [2.05, 4.69) is 18.2 Å². The summed E-state index contributed by atoms with van der Waals surface area (Å²) in [4.78, 5) is 25.1. The number of nitrogens with zero attached hydrogens (tertiary/aromatic N) is 1. The molecule has 1 fully saturated rings. The van der Waals surface area contributed by atoms with Gasteiger partial charge in [-0.1, -0.05) is 36.4 Å². The molecule has 0 unspecified atom stereocenters. The predicted molar refractivity (Wildman–Crippen MR) is 76.7 cm³/mol. The number of Topliss-reactive ketones (excluding diaryl/α,β-unsaturated/α-hetero) is 1. The number of benzene rings is 2. The van der Waals surface area contributed by atoms with Crippen LogP contribution in [0.25, 0.3) is 11.1 Å². The molecule has 20 heavy (non-hydrogen) atoms. The highest BCUT2D eigenvalue weighted by molar-refractivity contribution is 6.43. The summed E-state index contributed by atoms with van der Waals surface area (Å²) in [7, 11) is 0. The number of amides is 1. The van der Waals surface area contributed by atoms with Gasteiger partial charge in [-0.15, -0.1) is 0 Å². The molecule has 1 heterocycles. The number of carbonyl (C=O) groups is 2. The first kappa shape index (κ1) is 11.4. The molecular weight excluding hydrogens is 250 g/mol. The van der Waals surface area contributed by atoms with Crippen LogP contribution in [0.4, 0.5) is 5.69 Å². The smallest absolute Gasteiger partial charge is 0.294 e. The number of rotatable bonds is 1. The van der Waals surface area contributed by atoms with Crippen LogP contribution in [-0.4, -0.2) is 18.2 Å². The second-order valence-corrected chi connectivity index (χ2v) is 5.27. The molecule has 1 saturated heterocycles. The van der Waals surface area contributed by atoms with E-state index in [1.54, 1.807) is 4.90 Å². The maximum Gasteiger partial charge on any atom is 0.294 e. The van der Waals surface area contributed by atoms with Gasteiger partial charge in [-0.3, -0.25) is 9.59 Å². The maximum absolute atomic E-state index is 12.0. The Morgan fingerprint density at radius 2 is 1.70 bits per heavy atom. The van der Waals surface area contributed by atoms with Crippen LogP contribution in [-0.2, 0) is 16.0 Å². The fourth-order valence-electron chi connectivity index (χ4n) is 3.20. The van der Waals surface area contributed by atoms with E-state index in [-0.39, 0.29) is 11.7 Å². The van der Waals surface area contributed by atoms with Crippen molar-refractivity contribution >= 4 is 17.4 Å². The van der Waals surface area contributed by atoms with Crippen molar-refractivity contribution in [3.63, 3.8) is 0 Å². The molecule has 2 aromatic carbocycles. The minimum atomic E-state index is -0.366. The molecule has 1 aliphatic heterocycles. The Bertz CT molecular complexity index is 748. The SMILES string of the molecule is O=C1CCN(c2cccc3c2Cc2ccccc2-3)C1=O. The van der Waals surface area contributed by atoms with Crippen molar-refractivity contribution in [2.45, 2.75) is 12.8 Å². The lowest BCUT2D eigenvalue weighted by atomic mass is 10.0. The van der Waals surface area contributed by atoms with Crippen LogP contribution in [0, 0.1) is 0 Å². The standard InChI is InChI=1S/C17H13NO2/c19-16-8-9-18(17(16)20)15-7-3-6-13-12-5-2-1-4-11(12)10-14(13)15/h1-7H,8-10H2. The molecule has 2 aliphatic rings. The van der Waals surface area contributed by atoms with Crippen molar-refractivity contribution in [1.82, 2.24) is 0 Å². The van der Waals surface area contributed by atoms with E-state index in [1.165, 1.54) is 16.7 Å². The van der Waals surface area contributed by atoms with Gasteiger partial charge in [0.05, 0.1) is 0 Å². The summed E-state index contributed by atoms with van der Waals surface area (Å²) in [5, 5.41) is 0. The van der Waals surface area contributed by atoms with E-state index in [0.29, 0.717) is 13.0 Å². The van der Waals surface area contributed by atoms with E-state index in [4.69, 9.17) is 0 Å². The van der Waals surface area contributed by atoms with Crippen molar-refractivity contribution in [3.8, 4) is 11.1 Å². The molecule has 1 amide bonds. The van der Waals surface area contributed by atoms with Gasteiger partial charge in [0.1, 0.15) is 0 Å². The monoisotopic (exact) mass is 263 g/mol. The number of hydrogen-bond donors (Lipinski definition) is 0. The van der Waals surface area contributed by atoms with Gasteiger partial charge < -0.3 is 4.90 Å². The van der Waals surface area contributed by atoms with Crippen molar-refractivity contribution in [3.05, 3.63) is 53.6 Å². The third-order valence-electron chi connectivity index (χ3n) is 4.16. The van der Waals surface area contributed by atoms with E-state index < -0.39 is 0 Å². The van der Waals surface area contributed by atoms with Crippen LogP contribution in [0.1, 0.15) is 17.5 Å². The first-order valence-electron chi connectivity index (χ1n) is 6.80. The third-order valence-corrected chi connectivity index (χ3v) is 4.16. The van der Waals surface area contributed by atoms with E-state index in [1.807, 2.05) is 24.3 Å². The molecule has 0 saturated carbocycles. The minimum Gasteiger partial charge on any atom is -0.305 e. The summed E-state index contributed by atoms with van der Waals surface area (Å²) in [6.45, 7) is 0.504. The van der Waals surface area contributed by atoms with Crippen LogP contribution in [0.5, 0.6) is 0 Å². The summed E-state index contributed by atoms with van der Waals surface area (Å²) >= 11 is 0. The van der Waals surface area contributed by atoms with E-state index >= 15 is 0 Å². The predicted octanol–water partition coefficient (Wildman–Crippen LogP) is 2.56. The summed E-state index contributed by atoms with van der Waals surface area (Å²) in [6.07, 6.45) is 1.16. The Hall–Kier alpha value is -2.42. The highest BCUT2D eigenvalue weighted by Crippen LogP contribution is 2.41. The van der Waals surface area contributed by atoms with Crippen molar-refractivity contribution in [2.75, 3.05) is 11.4 Å². The molecule has 0 spiro atoms. The van der Waals surface area contributed by atoms with Crippen molar-refractivity contribution in [1.29, 1.82) is 0 Å². The Morgan fingerprint density at radius 3 is 2.50 bits per heavy atom. The Balaban J connectivity index is 1.86. The van der Waals surface area contributed by atoms with Gasteiger partial charge in [-0.05, 0) is 28.3 Å². The molecule has 0 bridgehead atoms. The number of carbonyl (C=O) groups excluding carboxylic acids is 2. The Morgan fingerprint density at radius 1 is 0.900 bits per heavy atom. The lowest BCUT2D eigenvalue weighted by molar-refractivity contribution is -0.133. The molecular formula is C17H13NO2. The topological polar surface area (TPSA) is 37.4 Å². The highest BCUT2D eigenvalue weighted by atomic mass is 16.2. The van der Waals surface area contributed by atoms with Crippen molar-refractivity contribution in [2.24, 2.45) is 0 Å². The first-order valence-corrected chi connectivity index (χ1v) is 6.80. The zero-order valence-electron chi connectivity index (χ0n) is 10.9. The molecule has 0 radical (unpaired) electrons. The van der Waals surface area contributed by atoms with Gasteiger partial charge in [-0.25, -0.2) is 0 Å². The van der Waals surface area contributed by atoms with Crippen LogP contribution in [0.2, 0.25) is 0 Å². The van der Waals surface area contributed by atoms with Gasteiger partial charge in [0.15, 0.2) is 0 Å². The Labute approximate surface area is 116 Å². The fraction of sp³-hybridized carbons (Fsp3) is 0.176. The van der Waals surface area contributed by atoms with Gasteiger partial charge >= 0.3 is 0 Å². The van der Waals surface area contributed by atoms with Gasteiger partial charge in [0.25, 0.3) is 5.91 Å². The van der Waals surface area contributed by atoms with Crippen LogP contribution in [0.3, 0.4) is 0 Å². The largest absolute Gasteiger partial charge is 0.305 e. The van der Waals surface area contributed by atoms with E-state index in [0.717, 1.165) is 17.7 Å². The van der Waals surface area contributed by atoms with Gasteiger partial charge in [0.2, 0.25) is 5.78 Å². The normalized spacial score (nSPS) is 16.5. The molecule has 3 heteroatoms. The molecule has 2 aromatic rings. The van der Waals surface area contributed by atoms with Gasteiger partial charge in [0, 0.05) is 25.1 Å². The van der Waals surface area contributed by atoms with E-state index in [9.17, 15) is 9.59 Å². The number of hydrogen-bond acceptors (Lipinski definition) is 2. The summed E-state index contributed by atoms with van der Waals surface area (Å²) in [5.74, 6) is -0.646. The average molecular weight is 263 g/mol. The lowest BCUT2D eigenvalue weighted by Crippen LogP contribution is -2.27. The quantitative estimate of drug-likeness (QED) is 0.633. The third kappa shape index (κ3) is 1.46. The van der Waals surface area contributed by atoms with Crippen LogP contribution in [0.15, 0.2) is 42.5 Å². The maximum atomic E-state index is 12.0. The van der Waals surface area contributed by atoms with Crippen molar-refractivity contribution < 1.29 is 9.59 Å². The fourth-order valence-corrected chi connectivity index (χ4v) is 3.20. The molecule has 0 N–H and O–H groups in total. The number of anilines is 1. The second kappa shape index (κ2) is 4.04. The van der Waals surface area contributed by atoms with Gasteiger partial charge in [-0.2, -0.15) is 0 Å². The molecule has 3 nitrogen and oxygen atoms in total. The lowest BCUT2D eigenvalue weighted by Gasteiger charge is -2.18. The molecule has 98 valence electrons. The minimum absolute atomic E-state index is 0.280. The van der Waals surface area contributed by atoms with Crippen LogP contribution >= 0.6 is 0 Å². The zero-order valence-corrected chi connectivity index (χ0v) is 10.9. The average Bonchev–Trinajstić information content (AvgIpc) is 3.01. The number of fused-ring (bicyclic) bond motifs is 3. The second-order valence-electron chi connectivity index (χ2n) is 5.27. The highest BCUT2D eigenvalue weighted by Gasteiger charge is 2.33. The summed E-state index contributed by atoms with van der Waals surface area (Å²) in [6, 6.07) is 14.3. The number of ketones is 1.